The van der Waals surface area contributed by atoms with Crippen LogP contribution in [0.5, 0.6) is 5.75 Å². The molecule has 3 rings (SSSR count). The lowest BCUT2D eigenvalue weighted by molar-refractivity contribution is -0.119. The monoisotopic (exact) mass is 368 g/mol. The highest BCUT2D eigenvalue weighted by Crippen LogP contribution is 2.31. The minimum atomic E-state index is -0.527. The van der Waals surface area contributed by atoms with E-state index in [1.807, 2.05) is 37.3 Å². The molecule has 0 radical (unpaired) electrons. The molecule has 1 aliphatic rings. The molecule has 0 aromatic heterocycles. The first-order chi connectivity index (χ1) is 13.0. The molecule has 0 aliphatic carbocycles. The Morgan fingerprint density at radius 3 is 2.67 bits per heavy atom. The molecule has 1 heterocycles. The Hall–Kier alpha value is -2.86. The van der Waals surface area contributed by atoms with Crippen molar-refractivity contribution in [1.82, 2.24) is 5.32 Å². The van der Waals surface area contributed by atoms with Crippen molar-refractivity contribution in [2.75, 3.05) is 26.4 Å². The fraction of sp³-hybridized carbons (Fsp3) is 0.333. The quantitative estimate of drug-likeness (QED) is 0.784. The van der Waals surface area contributed by atoms with Gasteiger partial charge in [-0.25, -0.2) is 0 Å². The second-order valence-corrected chi connectivity index (χ2v) is 6.77. The summed E-state index contributed by atoms with van der Waals surface area (Å²) in [4.78, 5) is 23.3. The van der Waals surface area contributed by atoms with Gasteiger partial charge in [-0.05, 0) is 43.2 Å². The molecule has 1 aliphatic heterocycles. The van der Waals surface area contributed by atoms with Gasteiger partial charge in [0.15, 0.2) is 6.61 Å². The van der Waals surface area contributed by atoms with Crippen molar-refractivity contribution in [1.29, 1.82) is 0 Å². The summed E-state index contributed by atoms with van der Waals surface area (Å²) in [7, 11) is 0. The number of carbonyl (C=O) groups excluding carboxylic acids is 2. The van der Waals surface area contributed by atoms with Crippen LogP contribution in [0.15, 0.2) is 42.5 Å². The van der Waals surface area contributed by atoms with Gasteiger partial charge in [-0.3, -0.25) is 9.59 Å². The summed E-state index contributed by atoms with van der Waals surface area (Å²) >= 11 is 0. The molecule has 1 fully saturated rings. The van der Waals surface area contributed by atoms with Crippen molar-refractivity contribution in [2.24, 2.45) is 11.7 Å². The number of benzene rings is 2. The number of rotatable bonds is 7. The van der Waals surface area contributed by atoms with Crippen LogP contribution >= 0.6 is 0 Å². The summed E-state index contributed by atoms with van der Waals surface area (Å²) < 4.78 is 10.8. The highest BCUT2D eigenvalue weighted by molar-refractivity contribution is 5.94. The lowest BCUT2D eigenvalue weighted by atomic mass is 10.0. The van der Waals surface area contributed by atoms with Crippen LogP contribution in [-0.2, 0) is 9.53 Å². The van der Waals surface area contributed by atoms with E-state index in [0.29, 0.717) is 30.4 Å². The second kappa shape index (κ2) is 8.68. The van der Waals surface area contributed by atoms with E-state index < -0.39 is 5.91 Å². The lowest BCUT2D eigenvalue weighted by Gasteiger charge is -2.13. The van der Waals surface area contributed by atoms with Crippen LogP contribution < -0.4 is 15.8 Å². The zero-order valence-corrected chi connectivity index (χ0v) is 15.4. The maximum atomic E-state index is 12.3. The van der Waals surface area contributed by atoms with Crippen LogP contribution in [0.3, 0.4) is 0 Å². The van der Waals surface area contributed by atoms with E-state index in [0.717, 1.165) is 29.7 Å². The van der Waals surface area contributed by atoms with Gasteiger partial charge in [-0.1, -0.05) is 23.8 Å². The topological polar surface area (TPSA) is 90.7 Å². The van der Waals surface area contributed by atoms with Gasteiger partial charge >= 0.3 is 0 Å². The average molecular weight is 368 g/mol. The maximum Gasteiger partial charge on any atom is 0.255 e. The highest BCUT2D eigenvalue weighted by Gasteiger charge is 2.17. The molecule has 2 aromatic carbocycles. The van der Waals surface area contributed by atoms with Crippen molar-refractivity contribution >= 4 is 11.8 Å². The third-order valence-corrected chi connectivity index (χ3v) is 4.54. The van der Waals surface area contributed by atoms with Crippen molar-refractivity contribution < 1.29 is 19.1 Å². The summed E-state index contributed by atoms with van der Waals surface area (Å²) in [5, 5.41) is 2.96. The molecule has 2 aromatic rings. The van der Waals surface area contributed by atoms with Gasteiger partial charge in [0.1, 0.15) is 5.75 Å². The molecule has 6 nitrogen and oxygen atoms in total. The molecule has 1 atom stereocenters. The number of hydrogen-bond acceptors (Lipinski definition) is 4. The van der Waals surface area contributed by atoms with Crippen molar-refractivity contribution in [3.63, 3.8) is 0 Å². The Bertz CT molecular complexity index is 811. The number of nitrogens with one attached hydrogen (secondary N) is 1. The van der Waals surface area contributed by atoms with Crippen molar-refractivity contribution in [3.05, 3.63) is 53.6 Å². The second-order valence-electron chi connectivity index (χ2n) is 6.77. The lowest BCUT2D eigenvalue weighted by Crippen LogP contribution is -2.29. The van der Waals surface area contributed by atoms with Gasteiger partial charge in [0.05, 0.1) is 6.61 Å². The van der Waals surface area contributed by atoms with E-state index in [2.05, 4.69) is 5.32 Å². The molecule has 27 heavy (non-hydrogen) atoms. The highest BCUT2D eigenvalue weighted by atomic mass is 16.5. The summed E-state index contributed by atoms with van der Waals surface area (Å²) in [5.74, 6) is 0.354. The van der Waals surface area contributed by atoms with E-state index in [9.17, 15) is 9.59 Å². The smallest absolute Gasteiger partial charge is 0.255 e. The van der Waals surface area contributed by atoms with Crippen LogP contribution in [0.25, 0.3) is 11.1 Å². The van der Waals surface area contributed by atoms with E-state index >= 15 is 0 Å². The van der Waals surface area contributed by atoms with E-state index in [1.165, 1.54) is 0 Å². The summed E-state index contributed by atoms with van der Waals surface area (Å²) in [5.41, 5.74) is 8.59. The zero-order chi connectivity index (χ0) is 19.2. The third-order valence-electron chi connectivity index (χ3n) is 4.54. The Balaban J connectivity index is 1.71. The molecular formula is C21H24N2O4. The van der Waals surface area contributed by atoms with Crippen LogP contribution in [0.1, 0.15) is 22.3 Å². The van der Waals surface area contributed by atoms with Gasteiger partial charge in [0, 0.05) is 30.2 Å². The Morgan fingerprint density at radius 1 is 1.22 bits per heavy atom. The van der Waals surface area contributed by atoms with Crippen LogP contribution in [-0.4, -0.2) is 38.2 Å². The van der Waals surface area contributed by atoms with Crippen LogP contribution in [0, 0.1) is 12.8 Å². The largest absolute Gasteiger partial charge is 0.483 e. The van der Waals surface area contributed by atoms with E-state index in [4.69, 9.17) is 15.2 Å². The standard InChI is InChI=1S/C21H24N2O4/c1-14-2-7-19(27-13-20(22)24)18(10-14)16-3-5-17(6-4-16)21(25)23-11-15-8-9-26-12-15/h2-7,10,15H,8-9,11-13H2,1H3,(H2,22,24)(H,23,25). The predicted octanol–water partition coefficient (Wildman–Crippen LogP) is 2.29. The maximum absolute atomic E-state index is 12.3. The molecular weight excluding hydrogens is 344 g/mol. The Kier molecular flexibility index (Phi) is 6.08. The molecule has 3 N–H and O–H groups in total. The Morgan fingerprint density at radius 2 is 2.00 bits per heavy atom. The number of hydrogen-bond donors (Lipinski definition) is 2. The Labute approximate surface area is 158 Å². The summed E-state index contributed by atoms with van der Waals surface area (Å²) in [6, 6.07) is 13.0. The van der Waals surface area contributed by atoms with Gasteiger partial charge in [-0.2, -0.15) is 0 Å². The fourth-order valence-electron chi connectivity index (χ4n) is 3.03. The molecule has 1 saturated heterocycles. The van der Waals surface area contributed by atoms with Gasteiger partial charge in [-0.15, -0.1) is 0 Å². The molecule has 1 unspecified atom stereocenters. The number of ether oxygens (including phenoxy) is 2. The average Bonchev–Trinajstić information content (AvgIpc) is 3.18. The van der Waals surface area contributed by atoms with Crippen LogP contribution in [0.2, 0.25) is 0 Å². The minimum absolute atomic E-state index is 0.0945. The number of carbonyl (C=O) groups is 2. The van der Waals surface area contributed by atoms with E-state index in [1.54, 1.807) is 12.1 Å². The van der Waals surface area contributed by atoms with Gasteiger partial charge in [0.25, 0.3) is 11.8 Å². The first-order valence-corrected chi connectivity index (χ1v) is 9.01. The number of primary amides is 1. The van der Waals surface area contributed by atoms with Crippen molar-refractivity contribution in [2.45, 2.75) is 13.3 Å². The first-order valence-electron chi connectivity index (χ1n) is 9.01. The molecule has 0 spiro atoms. The van der Waals surface area contributed by atoms with Gasteiger partial charge < -0.3 is 20.5 Å². The first kappa shape index (κ1) is 18.9. The number of amides is 2. The van der Waals surface area contributed by atoms with Gasteiger partial charge in [0.2, 0.25) is 0 Å². The normalized spacial score (nSPS) is 16.1. The third kappa shape index (κ3) is 5.08. The minimum Gasteiger partial charge on any atom is -0.483 e. The zero-order valence-electron chi connectivity index (χ0n) is 15.4. The molecule has 0 bridgehead atoms. The summed E-state index contributed by atoms with van der Waals surface area (Å²) in [6.07, 6.45) is 0.987. The molecule has 6 heteroatoms. The fourth-order valence-corrected chi connectivity index (χ4v) is 3.03. The molecule has 2 amide bonds. The molecule has 0 saturated carbocycles. The van der Waals surface area contributed by atoms with E-state index in [-0.39, 0.29) is 12.5 Å². The number of nitrogens with two attached hydrogens (primary N) is 1. The van der Waals surface area contributed by atoms with Crippen LogP contribution in [0.4, 0.5) is 0 Å². The summed E-state index contributed by atoms with van der Waals surface area (Å²) in [6.45, 7) is 3.91. The number of aryl methyl sites for hydroxylation is 1. The SMILES string of the molecule is Cc1ccc(OCC(N)=O)c(-c2ccc(C(=O)NCC3CCOC3)cc2)c1. The predicted molar refractivity (Wildman–Crippen MR) is 103 cm³/mol. The van der Waals surface area contributed by atoms with Crippen molar-refractivity contribution in [3.8, 4) is 16.9 Å². The molecule has 142 valence electrons.